The molecule has 0 amide bonds. The summed E-state index contributed by atoms with van der Waals surface area (Å²) in [6, 6.07) is 2.00. The molecule has 1 aromatic carbocycles. The lowest BCUT2D eigenvalue weighted by Gasteiger charge is -2.28. The molecule has 22 heavy (non-hydrogen) atoms. The number of aromatic nitrogens is 2. The van der Waals surface area contributed by atoms with Crippen LogP contribution < -0.4 is 5.32 Å². The molecule has 0 saturated heterocycles. The quantitative estimate of drug-likeness (QED) is 0.483. The number of aromatic amines is 1. The van der Waals surface area contributed by atoms with Gasteiger partial charge in [-0.2, -0.15) is 0 Å². The lowest BCUT2D eigenvalue weighted by Crippen LogP contribution is -2.45. The van der Waals surface area contributed by atoms with Gasteiger partial charge in [-0.1, -0.05) is 0 Å². The smallest absolute Gasteiger partial charge is 0.321 e. The van der Waals surface area contributed by atoms with Crippen LogP contribution in [0, 0.1) is 10.1 Å². The van der Waals surface area contributed by atoms with Gasteiger partial charge < -0.3 is 15.2 Å². The molecular formula is C13H12N4O5. The highest BCUT2D eigenvalue weighted by atomic mass is 16.6. The number of benzene rings is 1. The van der Waals surface area contributed by atoms with Gasteiger partial charge >= 0.3 is 5.97 Å². The number of hydrogen-bond donors (Lipinski definition) is 4. The van der Waals surface area contributed by atoms with Crippen LogP contribution >= 0.6 is 0 Å². The van der Waals surface area contributed by atoms with E-state index in [1.807, 2.05) is 0 Å². The minimum Gasteiger partial charge on any atom is -0.508 e. The number of H-pyrrole nitrogens is 1. The first-order valence-electron chi connectivity index (χ1n) is 6.45. The summed E-state index contributed by atoms with van der Waals surface area (Å²) in [5.41, 5.74) is 1.17. The number of carboxylic acid groups (broad SMARTS) is 1. The molecule has 2 aromatic rings. The van der Waals surface area contributed by atoms with Gasteiger partial charge in [-0.3, -0.25) is 20.2 Å². The zero-order chi connectivity index (χ0) is 15.9. The Morgan fingerprint density at radius 2 is 2.23 bits per heavy atom. The van der Waals surface area contributed by atoms with E-state index in [4.69, 9.17) is 0 Å². The second-order valence-corrected chi connectivity index (χ2v) is 4.96. The van der Waals surface area contributed by atoms with Crippen molar-refractivity contribution >= 4 is 11.7 Å². The average molecular weight is 304 g/mol. The molecule has 3 rings (SSSR count). The van der Waals surface area contributed by atoms with E-state index < -0.39 is 23.0 Å². The molecule has 1 aromatic heterocycles. The maximum absolute atomic E-state index is 11.3. The third kappa shape index (κ3) is 2.27. The summed E-state index contributed by atoms with van der Waals surface area (Å²) in [6.07, 6.45) is 1.65. The van der Waals surface area contributed by atoms with Gasteiger partial charge in [0, 0.05) is 29.8 Å². The van der Waals surface area contributed by atoms with Crippen molar-refractivity contribution in [1.29, 1.82) is 0 Å². The molecule has 2 heterocycles. The number of aromatic hydroxyl groups is 1. The summed E-state index contributed by atoms with van der Waals surface area (Å²) in [4.78, 5) is 28.6. The Hall–Kier alpha value is -2.94. The second-order valence-electron chi connectivity index (χ2n) is 4.96. The van der Waals surface area contributed by atoms with Crippen LogP contribution in [0.4, 0.5) is 5.69 Å². The third-order valence-corrected chi connectivity index (χ3v) is 3.63. The van der Waals surface area contributed by atoms with E-state index in [1.165, 1.54) is 24.5 Å². The van der Waals surface area contributed by atoms with Crippen LogP contribution in [0.3, 0.4) is 0 Å². The van der Waals surface area contributed by atoms with E-state index in [2.05, 4.69) is 15.3 Å². The van der Waals surface area contributed by atoms with Crippen molar-refractivity contribution in [1.82, 2.24) is 15.3 Å². The number of aliphatic carboxylic acids is 1. The number of nitrogens with one attached hydrogen (secondary N) is 2. The number of nitro groups is 1. The van der Waals surface area contributed by atoms with Crippen LogP contribution in [0.5, 0.6) is 5.75 Å². The molecule has 0 fully saturated rings. The molecule has 0 aliphatic carbocycles. The molecule has 0 saturated carbocycles. The Morgan fingerprint density at radius 1 is 1.45 bits per heavy atom. The maximum atomic E-state index is 11.3. The van der Waals surface area contributed by atoms with E-state index in [1.54, 1.807) is 0 Å². The Bertz CT molecular complexity index is 757. The van der Waals surface area contributed by atoms with Crippen molar-refractivity contribution < 1.29 is 19.9 Å². The summed E-state index contributed by atoms with van der Waals surface area (Å²) >= 11 is 0. The maximum Gasteiger partial charge on any atom is 0.321 e. The summed E-state index contributed by atoms with van der Waals surface area (Å²) in [5, 5.41) is 33.0. The average Bonchev–Trinajstić information content (AvgIpc) is 2.94. The van der Waals surface area contributed by atoms with Gasteiger partial charge in [0.25, 0.3) is 5.69 Å². The molecule has 9 nitrogen and oxygen atoms in total. The first-order valence-corrected chi connectivity index (χ1v) is 6.45. The third-order valence-electron chi connectivity index (χ3n) is 3.63. The predicted molar refractivity (Wildman–Crippen MR) is 73.5 cm³/mol. The van der Waals surface area contributed by atoms with E-state index in [9.17, 15) is 25.1 Å². The van der Waals surface area contributed by atoms with Crippen molar-refractivity contribution in [3.63, 3.8) is 0 Å². The van der Waals surface area contributed by atoms with Crippen LogP contribution in [-0.4, -0.2) is 37.1 Å². The van der Waals surface area contributed by atoms with E-state index in [0.29, 0.717) is 11.4 Å². The molecule has 0 unspecified atom stereocenters. The summed E-state index contributed by atoms with van der Waals surface area (Å²) < 4.78 is 0. The highest BCUT2D eigenvalue weighted by Gasteiger charge is 2.34. The predicted octanol–water partition coefficient (Wildman–Crippen LogP) is 0.712. The van der Waals surface area contributed by atoms with Gasteiger partial charge in [-0.25, -0.2) is 4.98 Å². The van der Waals surface area contributed by atoms with E-state index >= 15 is 0 Å². The Balaban J connectivity index is 2.09. The first kappa shape index (κ1) is 14.0. The largest absolute Gasteiger partial charge is 0.508 e. The van der Waals surface area contributed by atoms with Gasteiger partial charge in [0.1, 0.15) is 11.8 Å². The number of hydrogen-bond acceptors (Lipinski definition) is 6. The molecule has 0 radical (unpaired) electrons. The number of nitro benzene ring substituents is 1. The highest BCUT2D eigenvalue weighted by molar-refractivity contribution is 5.74. The van der Waals surface area contributed by atoms with E-state index in [-0.39, 0.29) is 23.4 Å². The van der Waals surface area contributed by atoms with Crippen LogP contribution in [0.25, 0.3) is 0 Å². The highest BCUT2D eigenvalue weighted by Crippen LogP contribution is 2.35. The molecule has 4 N–H and O–H groups in total. The fourth-order valence-electron chi connectivity index (χ4n) is 2.57. The summed E-state index contributed by atoms with van der Waals surface area (Å²) in [6.45, 7) is 0. The van der Waals surface area contributed by atoms with Crippen molar-refractivity contribution in [2.24, 2.45) is 0 Å². The van der Waals surface area contributed by atoms with Gasteiger partial charge in [0.2, 0.25) is 0 Å². The lowest BCUT2D eigenvalue weighted by molar-refractivity contribution is -0.385. The number of imidazole rings is 1. The number of non-ortho nitro benzene ring substituents is 1. The number of phenolic OH excluding ortho intramolecular Hbond substituents is 1. The van der Waals surface area contributed by atoms with Crippen LogP contribution in [0.2, 0.25) is 0 Å². The minimum absolute atomic E-state index is 0.164. The minimum atomic E-state index is -1.05. The number of carboxylic acids is 1. The van der Waals surface area contributed by atoms with Crippen molar-refractivity contribution in [3.8, 4) is 5.75 Å². The molecule has 0 spiro atoms. The molecule has 0 bridgehead atoms. The van der Waals surface area contributed by atoms with Crippen molar-refractivity contribution in [2.45, 2.75) is 18.5 Å². The number of phenols is 1. The van der Waals surface area contributed by atoms with Crippen molar-refractivity contribution in [2.75, 3.05) is 0 Å². The molecular weight excluding hydrogens is 292 g/mol. The summed E-state index contributed by atoms with van der Waals surface area (Å²) in [5.74, 6) is -1.21. The molecule has 114 valence electrons. The van der Waals surface area contributed by atoms with Crippen LogP contribution in [0.1, 0.15) is 23.0 Å². The fourth-order valence-corrected chi connectivity index (χ4v) is 2.57. The van der Waals surface area contributed by atoms with Crippen LogP contribution in [0.15, 0.2) is 24.5 Å². The summed E-state index contributed by atoms with van der Waals surface area (Å²) in [7, 11) is 0. The van der Waals surface area contributed by atoms with Gasteiger partial charge in [-0.15, -0.1) is 0 Å². The Morgan fingerprint density at radius 3 is 2.91 bits per heavy atom. The number of carbonyl (C=O) groups is 1. The SMILES string of the molecule is O=C(O)[C@H]1Cc2[nH]cnc2[C@@H](c2cc([N+](=O)[O-])ccc2O)N1. The van der Waals surface area contributed by atoms with Crippen molar-refractivity contribution in [3.05, 3.63) is 51.6 Å². The molecule has 9 heteroatoms. The molecule has 1 aliphatic heterocycles. The number of nitrogens with zero attached hydrogens (tertiary/aromatic N) is 2. The van der Waals surface area contributed by atoms with E-state index in [0.717, 1.165) is 0 Å². The topological polar surface area (TPSA) is 141 Å². The zero-order valence-corrected chi connectivity index (χ0v) is 11.2. The lowest BCUT2D eigenvalue weighted by atomic mass is 9.93. The normalized spacial score (nSPS) is 20.4. The number of fused-ring (bicyclic) bond motifs is 1. The van der Waals surface area contributed by atoms with Crippen LogP contribution in [-0.2, 0) is 11.2 Å². The monoisotopic (exact) mass is 304 g/mol. The van der Waals surface area contributed by atoms with Gasteiger partial charge in [-0.05, 0) is 6.07 Å². The number of rotatable bonds is 3. The fraction of sp³-hybridized carbons (Fsp3) is 0.231. The zero-order valence-electron chi connectivity index (χ0n) is 11.2. The Labute approximate surface area is 123 Å². The van der Waals surface area contributed by atoms with Gasteiger partial charge in [0.05, 0.1) is 23.0 Å². The molecule has 1 aliphatic rings. The first-order chi connectivity index (χ1) is 10.5. The molecule has 2 atom stereocenters. The second kappa shape index (κ2) is 5.11. The Kier molecular flexibility index (Phi) is 3.26. The van der Waals surface area contributed by atoms with Gasteiger partial charge in [0.15, 0.2) is 0 Å². The standard InChI is InChI=1S/C13H12N4O5/c18-10-2-1-6(17(21)22)3-7(10)11-12-8(14-5-15-12)4-9(16-11)13(19)20/h1-3,5,9,11,16,18H,4H2,(H,14,15)(H,19,20)/t9-,11-/m1/s1.